The third kappa shape index (κ3) is 1.72. The highest BCUT2D eigenvalue weighted by molar-refractivity contribution is 9.10. The zero-order valence-corrected chi connectivity index (χ0v) is 8.15. The maximum atomic E-state index is 10.7. The van der Waals surface area contributed by atoms with Gasteiger partial charge in [0.2, 0.25) is 0 Å². The first-order valence-electron chi connectivity index (χ1n) is 3.68. The molecule has 1 aliphatic rings. The van der Waals surface area contributed by atoms with E-state index in [1.54, 1.807) is 0 Å². The molecule has 1 aliphatic heterocycles. The van der Waals surface area contributed by atoms with Gasteiger partial charge < -0.3 is 0 Å². The summed E-state index contributed by atoms with van der Waals surface area (Å²) in [6.45, 7) is 0. The smallest absolute Gasteiger partial charge is 0.244 e. The van der Waals surface area contributed by atoms with Gasteiger partial charge in [0.05, 0.1) is 11.9 Å². The molecule has 0 bridgehead atoms. The van der Waals surface area contributed by atoms with Gasteiger partial charge in [-0.3, -0.25) is 0 Å². The third-order valence-electron chi connectivity index (χ3n) is 1.65. The Bertz CT molecular complexity index is 406. The van der Waals surface area contributed by atoms with E-state index in [2.05, 4.69) is 25.9 Å². The zero-order chi connectivity index (χ0) is 9.26. The minimum atomic E-state index is -0.432. The lowest BCUT2D eigenvalue weighted by Gasteiger charge is -1.95. The fourth-order valence-electron chi connectivity index (χ4n) is 1.04. The van der Waals surface area contributed by atoms with E-state index < -0.39 is 6.03 Å². The molecule has 0 N–H and O–H groups in total. The topological polar surface area (TPSA) is 41.8 Å². The number of hydrogen-bond donors (Lipinski definition) is 0. The standard InChI is InChI=1S/C9H5BrN2O/c10-7-3-1-6(2-4-7)8-5-11-9(13)12-8/h1-5H. The molecule has 3 nitrogen and oxygen atoms in total. The summed E-state index contributed by atoms with van der Waals surface area (Å²) in [6, 6.07) is 7.13. The Hall–Kier alpha value is -1.29. The van der Waals surface area contributed by atoms with E-state index in [1.807, 2.05) is 24.3 Å². The molecule has 4 heteroatoms. The highest BCUT2D eigenvalue weighted by atomic mass is 79.9. The third-order valence-corrected chi connectivity index (χ3v) is 2.18. The van der Waals surface area contributed by atoms with E-state index in [0.29, 0.717) is 5.71 Å². The summed E-state index contributed by atoms with van der Waals surface area (Å²) in [5.74, 6) is 0. The number of rotatable bonds is 1. The molecule has 0 atom stereocenters. The monoisotopic (exact) mass is 236 g/mol. The average Bonchev–Trinajstić information content (AvgIpc) is 2.53. The van der Waals surface area contributed by atoms with E-state index in [9.17, 15) is 4.79 Å². The minimum absolute atomic E-state index is 0.432. The first-order valence-corrected chi connectivity index (χ1v) is 4.48. The van der Waals surface area contributed by atoms with Gasteiger partial charge in [-0.05, 0) is 12.1 Å². The van der Waals surface area contributed by atoms with Crippen molar-refractivity contribution in [1.29, 1.82) is 0 Å². The van der Waals surface area contributed by atoms with Crippen molar-refractivity contribution in [3.05, 3.63) is 34.3 Å². The Labute approximate surface area is 83.3 Å². The number of amides is 2. The second-order valence-electron chi connectivity index (χ2n) is 2.54. The SMILES string of the molecule is O=C1N=CC(c2ccc(Br)cc2)=N1. The quantitative estimate of drug-likeness (QED) is 0.739. The molecule has 1 heterocycles. The summed E-state index contributed by atoms with van der Waals surface area (Å²) in [5.41, 5.74) is 1.52. The maximum Gasteiger partial charge on any atom is 0.367 e. The summed E-state index contributed by atoms with van der Waals surface area (Å²) in [6.07, 6.45) is 1.48. The number of aliphatic imine (C=N–C) groups is 2. The molecule has 0 aliphatic carbocycles. The molecular formula is C9H5BrN2O. The highest BCUT2D eigenvalue weighted by Gasteiger charge is 2.09. The predicted octanol–water partition coefficient (Wildman–Crippen LogP) is 2.44. The van der Waals surface area contributed by atoms with Gasteiger partial charge in [0.15, 0.2) is 0 Å². The number of nitrogens with zero attached hydrogens (tertiary/aromatic N) is 2. The molecule has 0 saturated heterocycles. The molecule has 64 valence electrons. The Balaban J connectivity index is 2.37. The first-order chi connectivity index (χ1) is 6.25. The predicted molar refractivity (Wildman–Crippen MR) is 54.6 cm³/mol. The second-order valence-corrected chi connectivity index (χ2v) is 3.46. The Morgan fingerprint density at radius 2 is 1.85 bits per heavy atom. The van der Waals surface area contributed by atoms with Crippen molar-refractivity contribution in [3.8, 4) is 0 Å². The minimum Gasteiger partial charge on any atom is -0.244 e. The zero-order valence-electron chi connectivity index (χ0n) is 6.57. The molecule has 0 spiro atoms. The Morgan fingerprint density at radius 3 is 2.38 bits per heavy atom. The Morgan fingerprint density at radius 1 is 1.15 bits per heavy atom. The van der Waals surface area contributed by atoms with Crippen LogP contribution in [0.2, 0.25) is 0 Å². The van der Waals surface area contributed by atoms with Gasteiger partial charge in [-0.2, -0.15) is 9.98 Å². The number of halogens is 1. The molecule has 0 unspecified atom stereocenters. The molecule has 2 amide bonds. The number of urea groups is 1. The lowest BCUT2D eigenvalue weighted by molar-refractivity contribution is 0.257. The van der Waals surface area contributed by atoms with Gasteiger partial charge in [-0.25, -0.2) is 4.79 Å². The molecule has 1 aromatic carbocycles. The van der Waals surface area contributed by atoms with Crippen LogP contribution in [-0.4, -0.2) is 18.0 Å². The van der Waals surface area contributed by atoms with Gasteiger partial charge in [-0.15, -0.1) is 0 Å². The van der Waals surface area contributed by atoms with Crippen molar-refractivity contribution < 1.29 is 4.79 Å². The number of carbonyl (C=O) groups excluding carboxylic acids is 1. The summed E-state index contributed by atoms with van der Waals surface area (Å²) < 4.78 is 0.998. The lowest BCUT2D eigenvalue weighted by Crippen LogP contribution is -1.98. The van der Waals surface area contributed by atoms with Crippen LogP contribution >= 0.6 is 15.9 Å². The van der Waals surface area contributed by atoms with Crippen molar-refractivity contribution in [2.24, 2.45) is 9.98 Å². The molecule has 0 saturated carbocycles. The van der Waals surface area contributed by atoms with Crippen LogP contribution < -0.4 is 0 Å². The molecule has 0 fully saturated rings. The van der Waals surface area contributed by atoms with Crippen LogP contribution in [0.4, 0.5) is 4.79 Å². The van der Waals surface area contributed by atoms with E-state index in [-0.39, 0.29) is 0 Å². The Kier molecular flexibility index (Phi) is 2.06. The van der Waals surface area contributed by atoms with Gasteiger partial charge in [0.1, 0.15) is 0 Å². The second kappa shape index (κ2) is 3.22. The van der Waals surface area contributed by atoms with Crippen molar-refractivity contribution in [2.45, 2.75) is 0 Å². The van der Waals surface area contributed by atoms with E-state index in [1.165, 1.54) is 6.21 Å². The van der Waals surface area contributed by atoms with E-state index in [0.717, 1.165) is 10.0 Å². The largest absolute Gasteiger partial charge is 0.367 e. The van der Waals surface area contributed by atoms with Crippen LogP contribution in [-0.2, 0) is 0 Å². The van der Waals surface area contributed by atoms with Gasteiger partial charge in [0, 0.05) is 10.0 Å². The van der Waals surface area contributed by atoms with Crippen LogP contribution in [0.5, 0.6) is 0 Å². The summed E-state index contributed by atoms with van der Waals surface area (Å²) in [7, 11) is 0. The summed E-state index contributed by atoms with van der Waals surface area (Å²) >= 11 is 3.33. The van der Waals surface area contributed by atoms with Crippen molar-refractivity contribution >= 4 is 33.9 Å². The molecule has 0 aromatic heterocycles. The van der Waals surface area contributed by atoms with E-state index in [4.69, 9.17) is 0 Å². The highest BCUT2D eigenvalue weighted by Crippen LogP contribution is 2.12. The van der Waals surface area contributed by atoms with Crippen LogP contribution in [0.3, 0.4) is 0 Å². The van der Waals surface area contributed by atoms with Gasteiger partial charge in [0.25, 0.3) is 0 Å². The fourth-order valence-corrected chi connectivity index (χ4v) is 1.30. The van der Waals surface area contributed by atoms with Gasteiger partial charge >= 0.3 is 6.03 Å². The van der Waals surface area contributed by atoms with Crippen molar-refractivity contribution in [1.82, 2.24) is 0 Å². The molecule has 0 radical (unpaired) electrons. The number of carbonyl (C=O) groups is 1. The average molecular weight is 237 g/mol. The maximum absolute atomic E-state index is 10.7. The van der Waals surface area contributed by atoms with Crippen molar-refractivity contribution in [3.63, 3.8) is 0 Å². The molecule has 2 rings (SSSR count). The fraction of sp³-hybridized carbons (Fsp3) is 0. The van der Waals surface area contributed by atoms with Gasteiger partial charge in [-0.1, -0.05) is 28.1 Å². The molecule has 1 aromatic rings. The van der Waals surface area contributed by atoms with Crippen LogP contribution in [0, 0.1) is 0 Å². The normalized spacial score (nSPS) is 14.8. The lowest BCUT2D eigenvalue weighted by atomic mass is 10.1. The van der Waals surface area contributed by atoms with Crippen molar-refractivity contribution in [2.75, 3.05) is 0 Å². The van der Waals surface area contributed by atoms with Crippen LogP contribution in [0.25, 0.3) is 0 Å². The first kappa shape index (κ1) is 8.31. The van der Waals surface area contributed by atoms with Crippen LogP contribution in [0.15, 0.2) is 38.7 Å². The summed E-state index contributed by atoms with van der Waals surface area (Å²) in [4.78, 5) is 18.0. The summed E-state index contributed by atoms with van der Waals surface area (Å²) in [5, 5.41) is 0. The molecular weight excluding hydrogens is 232 g/mol. The van der Waals surface area contributed by atoms with Crippen LogP contribution in [0.1, 0.15) is 5.56 Å². The number of benzene rings is 1. The van der Waals surface area contributed by atoms with E-state index >= 15 is 0 Å². The molecule has 13 heavy (non-hydrogen) atoms. The number of hydrogen-bond acceptors (Lipinski definition) is 1.